The lowest BCUT2D eigenvalue weighted by Crippen LogP contribution is -2.53. The van der Waals surface area contributed by atoms with Crippen molar-refractivity contribution in [3.8, 4) is 22.5 Å². The van der Waals surface area contributed by atoms with Crippen molar-refractivity contribution >= 4 is 22.9 Å². The second-order valence-corrected chi connectivity index (χ2v) is 9.24. The summed E-state index contributed by atoms with van der Waals surface area (Å²) in [5.74, 6) is 0.907. The minimum absolute atomic E-state index is 0.450. The summed E-state index contributed by atoms with van der Waals surface area (Å²) in [7, 11) is 5.81. The van der Waals surface area contributed by atoms with Crippen LogP contribution in [0.25, 0.3) is 28.0 Å². The van der Waals surface area contributed by atoms with E-state index in [1.54, 1.807) is 21.6 Å². The van der Waals surface area contributed by atoms with Gasteiger partial charge in [-0.3, -0.25) is 9.58 Å². The SMILES string of the molecule is CN(C)CC(O)N1CCN(c2ccc(-c3nc(-c4cnn(C)c4)cn4ncc(Cl)c34)cn2)CC1. The van der Waals surface area contributed by atoms with Gasteiger partial charge in [-0.15, -0.1) is 0 Å². The Morgan fingerprint density at radius 2 is 1.82 bits per heavy atom. The monoisotopic (exact) mass is 481 g/mol. The Labute approximate surface area is 203 Å². The van der Waals surface area contributed by atoms with Gasteiger partial charge in [-0.05, 0) is 26.2 Å². The maximum atomic E-state index is 10.4. The zero-order valence-corrected chi connectivity index (χ0v) is 20.3. The lowest BCUT2D eigenvalue weighted by Gasteiger charge is -2.38. The maximum Gasteiger partial charge on any atom is 0.128 e. The van der Waals surface area contributed by atoms with Gasteiger partial charge < -0.3 is 14.9 Å². The molecule has 11 heteroatoms. The first-order chi connectivity index (χ1) is 16.4. The highest BCUT2D eigenvalue weighted by molar-refractivity contribution is 6.34. The molecule has 1 atom stereocenters. The molecule has 5 rings (SSSR count). The molecule has 1 aliphatic heterocycles. The Balaban J connectivity index is 1.39. The molecule has 10 nitrogen and oxygen atoms in total. The highest BCUT2D eigenvalue weighted by Gasteiger charge is 2.23. The first-order valence-corrected chi connectivity index (χ1v) is 11.6. The van der Waals surface area contributed by atoms with Crippen molar-refractivity contribution in [3.63, 3.8) is 0 Å². The van der Waals surface area contributed by atoms with Gasteiger partial charge in [-0.25, -0.2) is 14.5 Å². The molecule has 1 saturated heterocycles. The highest BCUT2D eigenvalue weighted by atomic mass is 35.5. The zero-order valence-electron chi connectivity index (χ0n) is 19.5. The van der Waals surface area contributed by atoms with Gasteiger partial charge in [0.2, 0.25) is 0 Å². The average Bonchev–Trinajstić information content (AvgIpc) is 3.44. The first-order valence-electron chi connectivity index (χ1n) is 11.2. The summed E-state index contributed by atoms with van der Waals surface area (Å²) in [5, 5.41) is 19.6. The van der Waals surface area contributed by atoms with E-state index in [4.69, 9.17) is 21.6 Å². The van der Waals surface area contributed by atoms with Crippen molar-refractivity contribution in [2.45, 2.75) is 6.23 Å². The lowest BCUT2D eigenvalue weighted by atomic mass is 10.1. The van der Waals surface area contributed by atoms with Crippen molar-refractivity contribution in [2.75, 3.05) is 51.7 Å². The van der Waals surface area contributed by atoms with E-state index in [-0.39, 0.29) is 0 Å². The molecular weight excluding hydrogens is 454 g/mol. The number of anilines is 1. The summed E-state index contributed by atoms with van der Waals surface area (Å²) in [6.45, 7) is 3.83. The maximum absolute atomic E-state index is 10.4. The molecule has 0 aromatic carbocycles. The van der Waals surface area contributed by atoms with E-state index < -0.39 is 6.23 Å². The quantitative estimate of drug-likeness (QED) is 0.446. The average molecular weight is 482 g/mol. The lowest BCUT2D eigenvalue weighted by molar-refractivity contribution is -0.0154. The first kappa shape index (κ1) is 22.7. The van der Waals surface area contributed by atoms with Gasteiger partial charge in [0.15, 0.2) is 0 Å². The van der Waals surface area contributed by atoms with E-state index in [0.717, 1.165) is 60.0 Å². The second kappa shape index (κ2) is 9.30. The molecule has 1 fully saturated rings. The standard InChI is InChI=1S/C23H28ClN9O/c1-29(2)15-21(34)32-8-6-31(7-9-32)20-5-4-16(10-25-20)22-23-18(24)12-27-33(23)14-19(28-22)17-11-26-30(3)13-17/h4-5,10-14,21,34H,6-9,15H2,1-3H3. The van der Waals surface area contributed by atoms with Crippen LogP contribution < -0.4 is 4.90 Å². The molecular formula is C23H28ClN9O. The van der Waals surface area contributed by atoms with Crippen LogP contribution >= 0.6 is 11.6 Å². The molecule has 34 heavy (non-hydrogen) atoms. The number of halogens is 1. The molecule has 178 valence electrons. The molecule has 0 saturated carbocycles. The van der Waals surface area contributed by atoms with Gasteiger partial charge in [0.25, 0.3) is 0 Å². The number of fused-ring (bicyclic) bond motifs is 1. The van der Waals surface area contributed by atoms with Gasteiger partial charge in [-0.2, -0.15) is 10.2 Å². The third kappa shape index (κ3) is 4.49. The van der Waals surface area contributed by atoms with Crippen LogP contribution in [0, 0.1) is 0 Å². The van der Waals surface area contributed by atoms with Crippen LogP contribution in [0.15, 0.2) is 43.1 Å². The summed E-state index contributed by atoms with van der Waals surface area (Å²) in [4.78, 5) is 16.0. The summed E-state index contributed by atoms with van der Waals surface area (Å²) >= 11 is 6.46. The Bertz CT molecular complexity index is 1280. The van der Waals surface area contributed by atoms with Gasteiger partial charge in [0, 0.05) is 63.3 Å². The Morgan fingerprint density at radius 3 is 2.47 bits per heavy atom. The normalized spacial score (nSPS) is 16.0. The van der Waals surface area contributed by atoms with Crippen molar-refractivity contribution < 1.29 is 5.11 Å². The van der Waals surface area contributed by atoms with E-state index in [9.17, 15) is 5.11 Å². The number of aliphatic hydroxyl groups excluding tert-OH is 1. The minimum Gasteiger partial charge on any atom is -0.377 e. The Morgan fingerprint density at radius 1 is 1.03 bits per heavy atom. The summed E-state index contributed by atoms with van der Waals surface area (Å²) in [6, 6.07) is 4.04. The molecule has 0 bridgehead atoms. The number of aryl methyl sites for hydroxylation is 1. The largest absolute Gasteiger partial charge is 0.377 e. The molecule has 4 aromatic heterocycles. The van der Waals surface area contributed by atoms with Crippen LogP contribution in [0.2, 0.25) is 5.02 Å². The number of nitrogens with zero attached hydrogens (tertiary/aromatic N) is 9. The summed E-state index contributed by atoms with van der Waals surface area (Å²) < 4.78 is 3.49. The zero-order chi connectivity index (χ0) is 23.8. The predicted octanol–water partition coefficient (Wildman–Crippen LogP) is 1.85. The van der Waals surface area contributed by atoms with E-state index >= 15 is 0 Å². The second-order valence-electron chi connectivity index (χ2n) is 8.83. The summed E-state index contributed by atoms with van der Waals surface area (Å²) in [5.41, 5.74) is 3.98. The number of piperazine rings is 1. The predicted molar refractivity (Wildman–Crippen MR) is 132 cm³/mol. The van der Waals surface area contributed by atoms with E-state index in [1.807, 2.05) is 56.8 Å². The molecule has 1 N–H and O–H groups in total. The number of aromatic nitrogens is 6. The van der Waals surface area contributed by atoms with Crippen LogP contribution in [0.1, 0.15) is 0 Å². The third-order valence-corrected chi connectivity index (χ3v) is 6.34. The van der Waals surface area contributed by atoms with Gasteiger partial charge in [0.1, 0.15) is 17.6 Å². The van der Waals surface area contributed by atoms with Crippen molar-refractivity contribution in [1.29, 1.82) is 0 Å². The molecule has 0 spiro atoms. The summed E-state index contributed by atoms with van der Waals surface area (Å²) in [6.07, 6.45) is 8.56. The Hall–Kier alpha value is -3.05. The van der Waals surface area contributed by atoms with Crippen LogP contribution in [0.3, 0.4) is 0 Å². The van der Waals surface area contributed by atoms with Crippen molar-refractivity contribution in [1.82, 2.24) is 39.2 Å². The van der Waals surface area contributed by atoms with E-state index in [2.05, 4.69) is 20.0 Å². The van der Waals surface area contributed by atoms with Gasteiger partial charge in [-0.1, -0.05) is 11.6 Å². The number of likely N-dealkylation sites (N-methyl/N-ethyl adjacent to an activating group) is 1. The third-order valence-electron chi connectivity index (χ3n) is 6.06. The Kier molecular flexibility index (Phi) is 6.22. The number of aliphatic hydroxyl groups is 1. The van der Waals surface area contributed by atoms with Gasteiger partial charge >= 0.3 is 0 Å². The molecule has 5 heterocycles. The minimum atomic E-state index is -0.450. The topological polar surface area (TPSA) is 90.9 Å². The fourth-order valence-electron chi connectivity index (χ4n) is 4.28. The smallest absolute Gasteiger partial charge is 0.128 e. The van der Waals surface area contributed by atoms with Crippen LogP contribution in [0.5, 0.6) is 0 Å². The fraction of sp³-hybridized carbons (Fsp3) is 0.391. The number of hydrogen-bond donors (Lipinski definition) is 1. The molecule has 0 radical (unpaired) electrons. The van der Waals surface area contributed by atoms with Gasteiger partial charge in [0.05, 0.1) is 35.0 Å². The number of hydrogen-bond acceptors (Lipinski definition) is 8. The highest BCUT2D eigenvalue weighted by Crippen LogP contribution is 2.31. The molecule has 0 amide bonds. The van der Waals surface area contributed by atoms with E-state index in [1.165, 1.54) is 0 Å². The molecule has 4 aromatic rings. The number of rotatable bonds is 6. The molecule has 1 unspecified atom stereocenters. The van der Waals surface area contributed by atoms with Crippen LogP contribution in [0.4, 0.5) is 5.82 Å². The fourth-order valence-corrected chi connectivity index (χ4v) is 4.50. The molecule has 1 aliphatic rings. The van der Waals surface area contributed by atoms with Crippen molar-refractivity contribution in [3.05, 3.63) is 48.1 Å². The number of pyridine rings is 1. The van der Waals surface area contributed by atoms with Crippen molar-refractivity contribution in [2.24, 2.45) is 7.05 Å². The van der Waals surface area contributed by atoms with Crippen LogP contribution in [-0.4, -0.2) is 97.3 Å². The molecule has 0 aliphatic carbocycles. The van der Waals surface area contributed by atoms with Crippen LogP contribution in [-0.2, 0) is 7.05 Å². The van der Waals surface area contributed by atoms with E-state index in [0.29, 0.717) is 11.6 Å².